The minimum atomic E-state index is -0.814. The lowest BCUT2D eigenvalue weighted by Crippen LogP contribution is -2.53. The number of benzene rings is 1. The van der Waals surface area contributed by atoms with Gasteiger partial charge in [0.25, 0.3) is 5.91 Å². The number of carbonyl (C=O) groups is 2. The van der Waals surface area contributed by atoms with Crippen molar-refractivity contribution in [2.75, 3.05) is 19.7 Å². The second-order valence-electron chi connectivity index (χ2n) is 7.50. The Bertz CT molecular complexity index is 647. The lowest BCUT2D eigenvalue weighted by molar-refractivity contribution is -0.131. The van der Waals surface area contributed by atoms with Gasteiger partial charge in [-0.3, -0.25) is 14.6 Å². The summed E-state index contributed by atoms with van der Waals surface area (Å²) < 4.78 is 6.06. The molecule has 6 nitrogen and oxygen atoms in total. The van der Waals surface area contributed by atoms with E-state index in [9.17, 15) is 9.59 Å². The lowest BCUT2D eigenvalue weighted by atomic mass is 9.98. The Morgan fingerprint density at radius 1 is 1.16 bits per heavy atom. The highest BCUT2D eigenvalue weighted by Crippen LogP contribution is 2.30. The number of hydrogen-bond donors (Lipinski definition) is 1. The maximum absolute atomic E-state index is 12.4. The minimum Gasteiger partial charge on any atom is -0.370 e. The van der Waals surface area contributed by atoms with Crippen LogP contribution in [0.1, 0.15) is 39.4 Å². The van der Waals surface area contributed by atoms with E-state index in [-0.39, 0.29) is 30.1 Å². The molecule has 0 unspecified atom stereocenters. The van der Waals surface area contributed by atoms with Gasteiger partial charge in [0.1, 0.15) is 5.54 Å². The van der Waals surface area contributed by atoms with Crippen molar-refractivity contribution in [2.24, 2.45) is 0 Å². The van der Waals surface area contributed by atoms with Gasteiger partial charge in [-0.2, -0.15) is 0 Å². The van der Waals surface area contributed by atoms with E-state index in [1.165, 1.54) is 4.90 Å². The van der Waals surface area contributed by atoms with Gasteiger partial charge in [-0.05, 0) is 33.3 Å². The molecule has 3 rings (SSSR count). The van der Waals surface area contributed by atoms with Crippen LogP contribution in [0.15, 0.2) is 30.3 Å². The minimum absolute atomic E-state index is 0.00283. The molecule has 0 saturated carbocycles. The van der Waals surface area contributed by atoms with Gasteiger partial charge in [0.2, 0.25) is 0 Å². The van der Waals surface area contributed by atoms with Crippen LogP contribution in [0.5, 0.6) is 0 Å². The molecule has 1 aromatic carbocycles. The molecule has 0 aliphatic carbocycles. The van der Waals surface area contributed by atoms with Crippen molar-refractivity contribution >= 4 is 11.9 Å². The maximum Gasteiger partial charge on any atom is 0.325 e. The van der Waals surface area contributed by atoms with Gasteiger partial charge in [-0.15, -0.1) is 0 Å². The summed E-state index contributed by atoms with van der Waals surface area (Å²) in [6, 6.07) is 10.3. The molecule has 136 valence electrons. The van der Waals surface area contributed by atoms with Crippen LogP contribution in [0.2, 0.25) is 0 Å². The number of nitrogens with zero attached hydrogens (tertiary/aromatic N) is 2. The first-order valence-corrected chi connectivity index (χ1v) is 8.87. The molecule has 2 saturated heterocycles. The third kappa shape index (κ3) is 3.41. The molecule has 3 atom stereocenters. The van der Waals surface area contributed by atoms with E-state index in [1.807, 2.05) is 18.2 Å². The van der Waals surface area contributed by atoms with E-state index < -0.39 is 5.54 Å². The molecule has 0 bridgehead atoms. The van der Waals surface area contributed by atoms with Gasteiger partial charge in [-0.25, -0.2) is 4.79 Å². The molecule has 2 heterocycles. The molecule has 0 radical (unpaired) electrons. The summed E-state index contributed by atoms with van der Waals surface area (Å²) in [5, 5.41) is 2.73. The van der Waals surface area contributed by atoms with Crippen molar-refractivity contribution in [3.8, 4) is 0 Å². The summed E-state index contributed by atoms with van der Waals surface area (Å²) in [4.78, 5) is 28.1. The fourth-order valence-corrected chi connectivity index (χ4v) is 3.73. The van der Waals surface area contributed by atoms with Crippen LogP contribution in [-0.2, 0) is 9.53 Å². The summed E-state index contributed by atoms with van der Waals surface area (Å²) in [7, 11) is 0. The molecule has 2 fully saturated rings. The summed E-state index contributed by atoms with van der Waals surface area (Å²) in [6.45, 7) is 9.40. The first-order chi connectivity index (χ1) is 11.8. The third-order valence-corrected chi connectivity index (χ3v) is 5.20. The second kappa shape index (κ2) is 6.77. The van der Waals surface area contributed by atoms with E-state index in [1.54, 1.807) is 13.8 Å². The average Bonchev–Trinajstić information content (AvgIpc) is 2.76. The maximum atomic E-state index is 12.4. The SMILES string of the molecule is C[C@@H]1CO[C@H](c2ccccc2)[C@@H](C)N1CCN1C(=O)NC(C)(C)C1=O. The number of nitrogens with one attached hydrogen (secondary N) is 1. The number of rotatable bonds is 4. The smallest absolute Gasteiger partial charge is 0.325 e. The molecule has 0 spiro atoms. The van der Waals surface area contributed by atoms with Crippen molar-refractivity contribution in [3.63, 3.8) is 0 Å². The van der Waals surface area contributed by atoms with Crippen LogP contribution in [0.3, 0.4) is 0 Å². The predicted molar refractivity (Wildman–Crippen MR) is 95.1 cm³/mol. The van der Waals surface area contributed by atoms with Crippen LogP contribution in [0.4, 0.5) is 4.79 Å². The highest BCUT2D eigenvalue weighted by molar-refractivity contribution is 6.06. The number of carbonyl (C=O) groups excluding carboxylic acids is 2. The van der Waals surface area contributed by atoms with Gasteiger partial charge >= 0.3 is 6.03 Å². The van der Waals surface area contributed by atoms with Gasteiger partial charge in [-0.1, -0.05) is 30.3 Å². The monoisotopic (exact) mass is 345 g/mol. The van der Waals surface area contributed by atoms with Crippen molar-refractivity contribution in [2.45, 2.75) is 51.4 Å². The highest BCUT2D eigenvalue weighted by Gasteiger charge is 2.44. The molecular formula is C19H27N3O3. The Balaban J connectivity index is 1.68. The zero-order chi connectivity index (χ0) is 18.2. The van der Waals surface area contributed by atoms with Gasteiger partial charge in [0, 0.05) is 25.2 Å². The zero-order valence-corrected chi connectivity index (χ0v) is 15.4. The van der Waals surface area contributed by atoms with E-state index in [2.05, 4.69) is 36.2 Å². The molecule has 1 N–H and O–H groups in total. The van der Waals surface area contributed by atoms with Crippen LogP contribution >= 0.6 is 0 Å². The van der Waals surface area contributed by atoms with Crippen molar-refractivity contribution in [1.82, 2.24) is 15.1 Å². The molecule has 3 amide bonds. The van der Waals surface area contributed by atoms with Crippen LogP contribution in [0, 0.1) is 0 Å². The first-order valence-electron chi connectivity index (χ1n) is 8.87. The fraction of sp³-hybridized carbons (Fsp3) is 0.579. The van der Waals surface area contributed by atoms with E-state index in [0.29, 0.717) is 19.7 Å². The lowest BCUT2D eigenvalue weighted by Gasteiger charge is -2.44. The molecule has 0 aromatic heterocycles. The molecule has 6 heteroatoms. The molecule has 1 aromatic rings. The average molecular weight is 345 g/mol. The Labute approximate surface area is 149 Å². The predicted octanol–water partition coefficient (Wildman–Crippen LogP) is 2.17. The zero-order valence-electron chi connectivity index (χ0n) is 15.4. The quantitative estimate of drug-likeness (QED) is 0.850. The summed E-state index contributed by atoms with van der Waals surface area (Å²) in [5.41, 5.74) is 0.342. The molecule has 2 aliphatic rings. The van der Waals surface area contributed by atoms with Gasteiger partial charge in [0.15, 0.2) is 0 Å². The Kier molecular flexibility index (Phi) is 4.84. The van der Waals surface area contributed by atoms with Crippen molar-refractivity contribution in [3.05, 3.63) is 35.9 Å². The number of hydrogen-bond acceptors (Lipinski definition) is 4. The van der Waals surface area contributed by atoms with Crippen LogP contribution < -0.4 is 5.32 Å². The van der Waals surface area contributed by atoms with Crippen molar-refractivity contribution < 1.29 is 14.3 Å². The van der Waals surface area contributed by atoms with E-state index >= 15 is 0 Å². The third-order valence-electron chi connectivity index (χ3n) is 5.20. The van der Waals surface area contributed by atoms with Crippen LogP contribution in [0.25, 0.3) is 0 Å². The Hall–Kier alpha value is -1.92. The summed E-state index contributed by atoms with van der Waals surface area (Å²) in [6.07, 6.45) is -0.00283. The highest BCUT2D eigenvalue weighted by atomic mass is 16.5. The normalized spacial score (nSPS) is 29.8. The molecule has 2 aliphatic heterocycles. The standard InChI is InChI=1S/C19H27N3O3/c1-13-12-25-16(15-8-6-5-7-9-15)14(2)21(13)10-11-22-17(23)19(3,4)20-18(22)24/h5-9,13-14,16H,10-12H2,1-4H3,(H,20,24)/t13-,14-,16+/m1/s1. The van der Waals surface area contributed by atoms with Gasteiger partial charge in [0.05, 0.1) is 12.7 Å². The fourth-order valence-electron chi connectivity index (χ4n) is 3.73. The molecule has 25 heavy (non-hydrogen) atoms. The first kappa shape index (κ1) is 17.9. The number of urea groups is 1. The number of imide groups is 1. The number of amides is 3. The van der Waals surface area contributed by atoms with Crippen LogP contribution in [-0.4, -0.2) is 59.1 Å². The Morgan fingerprint density at radius 3 is 2.44 bits per heavy atom. The number of ether oxygens (including phenoxy) is 1. The summed E-state index contributed by atoms with van der Waals surface area (Å²) in [5.74, 6) is -0.161. The van der Waals surface area contributed by atoms with E-state index in [4.69, 9.17) is 4.74 Å². The number of morpholine rings is 1. The topological polar surface area (TPSA) is 61.9 Å². The van der Waals surface area contributed by atoms with Gasteiger partial charge < -0.3 is 10.1 Å². The summed E-state index contributed by atoms with van der Waals surface area (Å²) >= 11 is 0. The van der Waals surface area contributed by atoms with E-state index in [0.717, 1.165) is 5.56 Å². The largest absolute Gasteiger partial charge is 0.370 e. The van der Waals surface area contributed by atoms with Crippen molar-refractivity contribution in [1.29, 1.82) is 0 Å². The Morgan fingerprint density at radius 2 is 1.84 bits per heavy atom. The second-order valence-corrected chi connectivity index (χ2v) is 7.50. The molecular weight excluding hydrogens is 318 g/mol.